The summed E-state index contributed by atoms with van der Waals surface area (Å²) in [5.41, 5.74) is 2.03. The Hall–Kier alpha value is -1.04. The lowest BCUT2D eigenvalue weighted by molar-refractivity contribution is 0.0925. The van der Waals surface area contributed by atoms with Crippen LogP contribution >= 0.6 is 0 Å². The summed E-state index contributed by atoms with van der Waals surface area (Å²) in [7, 11) is 0. The van der Waals surface area contributed by atoms with E-state index in [0.29, 0.717) is 6.04 Å². The predicted molar refractivity (Wildman–Crippen MR) is 105 cm³/mol. The van der Waals surface area contributed by atoms with E-state index < -0.39 is 11.4 Å². The van der Waals surface area contributed by atoms with Crippen LogP contribution in [-0.4, -0.2) is 27.8 Å². The van der Waals surface area contributed by atoms with Gasteiger partial charge in [-0.25, -0.2) is 0 Å². The summed E-state index contributed by atoms with van der Waals surface area (Å²) in [5.74, 6) is 0.0178. The highest BCUT2D eigenvalue weighted by Crippen LogP contribution is 2.20. The van der Waals surface area contributed by atoms with Crippen LogP contribution in [-0.2, 0) is 17.8 Å². The van der Waals surface area contributed by atoms with Gasteiger partial charge in [0.2, 0.25) is 0 Å². The zero-order valence-corrected chi connectivity index (χ0v) is 16.5. The normalized spacial score (nSPS) is 22.0. The maximum atomic E-state index is 12.4. The highest BCUT2D eigenvalue weighted by molar-refractivity contribution is 7.90. The second-order valence-corrected chi connectivity index (χ2v) is 9.06. The highest BCUT2D eigenvalue weighted by atomic mass is 32.2. The Kier molecular flexibility index (Phi) is 8.27. The van der Waals surface area contributed by atoms with Crippen LogP contribution in [0, 0.1) is 0 Å². The van der Waals surface area contributed by atoms with Crippen LogP contribution in [0.15, 0.2) is 24.3 Å². The fourth-order valence-electron chi connectivity index (χ4n) is 3.13. The number of nitrogens with one attached hydrogen (secondary N) is 2. The number of unbranched alkanes of at least 4 members (excludes halogenated alkanes) is 1. The van der Waals surface area contributed by atoms with E-state index in [-0.39, 0.29) is 17.2 Å². The topological polar surface area (TPSA) is 64.2 Å². The van der Waals surface area contributed by atoms with Crippen molar-refractivity contribution in [1.82, 2.24) is 10.0 Å². The zero-order valence-electron chi connectivity index (χ0n) is 15.7. The van der Waals surface area contributed by atoms with Gasteiger partial charge in [0.05, 0.1) is 6.04 Å². The second-order valence-electron chi connectivity index (χ2n) is 7.29. The summed E-state index contributed by atoms with van der Waals surface area (Å²) in [6, 6.07) is 8.50. The molecule has 2 N–H and O–H groups in total. The summed E-state index contributed by atoms with van der Waals surface area (Å²) < 4.78 is 15.1. The summed E-state index contributed by atoms with van der Waals surface area (Å²) >= 11 is -0.963. The van der Waals surface area contributed by atoms with E-state index in [9.17, 15) is 9.35 Å². The van der Waals surface area contributed by atoms with Crippen molar-refractivity contribution in [3.05, 3.63) is 35.4 Å². The van der Waals surface area contributed by atoms with Crippen LogP contribution in [0.1, 0.15) is 75.2 Å². The molecular weight excluding hydrogens is 332 g/mol. The van der Waals surface area contributed by atoms with Crippen molar-refractivity contribution in [2.45, 2.75) is 83.1 Å². The Labute approximate surface area is 155 Å². The third-order valence-electron chi connectivity index (χ3n) is 4.81. The van der Waals surface area contributed by atoms with E-state index in [1.165, 1.54) is 18.4 Å². The molecule has 2 rings (SSSR count). The first-order chi connectivity index (χ1) is 12.0. The molecule has 0 heterocycles. The molecule has 0 bridgehead atoms. The third kappa shape index (κ3) is 6.65. The Morgan fingerprint density at radius 1 is 1.16 bits per heavy atom. The monoisotopic (exact) mass is 364 g/mol. The van der Waals surface area contributed by atoms with Crippen molar-refractivity contribution >= 4 is 17.3 Å². The molecule has 1 aliphatic rings. The van der Waals surface area contributed by atoms with Gasteiger partial charge in [0.15, 0.2) is 0 Å². The largest absolute Gasteiger partial charge is 0.598 e. The molecule has 5 heteroatoms. The minimum atomic E-state index is -0.963. The van der Waals surface area contributed by atoms with Gasteiger partial charge < -0.3 is 9.87 Å². The lowest BCUT2D eigenvalue weighted by atomic mass is 9.91. The standard InChI is InChI=1S/C20H32N2O2S/c1-4-5-6-16-7-9-17(10-8-16)20(23)21-18-11-13-19(14-12-18)22-25(24)15(2)3/h7-10,15,18-19,22H,4-6,11-14H2,1-3H3,(H,21,23). The van der Waals surface area contributed by atoms with Crippen LogP contribution in [0.5, 0.6) is 0 Å². The molecule has 1 fully saturated rings. The van der Waals surface area contributed by atoms with Crippen LogP contribution in [0.3, 0.4) is 0 Å². The fraction of sp³-hybridized carbons (Fsp3) is 0.650. The lowest BCUT2D eigenvalue weighted by Gasteiger charge is -2.30. The van der Waals surface area contributed by atoms with E-state index >= 15 is 0 Å². The molecule has 1 unspecified atom stereocenters. The minimum absolute atomic E-state index is 0.0178. The van der Waals surface area contributed by atoms with Gasteiger partial charge in [-0.15, -0.1) is 4.72 Å². The predicted octanol–water partition coefficient (Wildman–Crippen LogP) is 3.73. The van der Waals surface area contributed by atoms with Gasteiger partial charge in [0, 0.05) is 23.0 Å². The second kappa shape index (κ2) is 10.2. The third-order valence-corrected chi connectivity index (χ3v) is 6.23. The molecule has 0 spiro atoms. The number of carbonyl (C=O) groups excluding carboxylic acids is 1. The quantitative estimate of drug-likeness (QED) is 0.691. The summed E-state index contributed by atoms with van der Waals surface area (Å²) in [6.07, 6.45) is 7.24. The molecule has 1 aromatic rings. The first-order valence-electron chi connectivity index (χ1n) is 9.56. The number of carbonyl (C=O) groups is 1. The van der Waals surface area contributed by atoms with Crippen LogP contribution < -0.4 is 10.0 Å². The van der Waals surface area contributed by atoms with Gasteiger partial charge in [0.1, 0.15) is 5.25 Å². The number of rotatable bonds is 8. The van der Waals surface area contributed by atoms with Crippen LogP contribution in [0.4, 0.5) is 0 Å². The van der Waals surface area contributed by atoms with E-state index in [2.05, 4.69) is 29.1 Å². The molecule has 0 radical (unpaired) electrons. The molecule has 1 saturated carbocycles. The SMILES string of the molecule is CCCCc1ccc(C(=O)NC2CCC(N[S+]([O-])C(C)C)CC2)cc1. The molecule has 0 aromatic heterocycles. The van der Waals surface area contributed by atoms with Crippen molar-refractivity contribution in [3.8, 4) is 0 Å². The summed E-state index contributed by atoms with van der Waals surface area (Å²) in [4.78, 5) is 12.4. The molecule has 1 atom stereocenters. The smallest absolute Gasteiger partial charge is 0.251 e. The Morgan fingerprint density at radius 3 is 2.32 bits per heavy atom. The lowest BCUT2D eigenvalue weighted by Crippen LogP contribution is -2.45. The fourth-order valence-corrected chi connectivity index (χ4v) is 3.96. The van der Waals surface area contributed by atoms with Gasteiger partial charge in [-0.3, -0.25) is 4.79 Å². The Bertz CT molecular complexity index is 525. The van der Waals surface area contributed by atoms with Gasteiger partial charge in [-0.2, -0.15) is 0 Å². The molecule has 0 saturated heterocycles. The maximum Gasteiger partial charge on any atom is 0.251 e. The zero-order chi connectivity index (χ0) is 18.2. The molecular formula is C20H32N2O2S. The summed E-state index contributed by atoms with van der Waals surface area (Å²) in [5, 5.41) is 3.29. The van der Waals surface area contributed by atoms with Crippen LogP contribution in [0.2, 0.25) is 0 Å². The highest BCUT2D eigenvalue weighted by Gasteiger charge is 2.26. The van der Waals surface area contributed by atoms with Crippen molar-refractivity contribution in [2.24, 2.45) is 0 Å². The molecule has 1 aromatic carbocycles. The minimum Gasteiger partial charge on any atom is -0.598 e. The summed E-state index contributed by atoms with van der Waals surface area (Å²) in [6.45, 7) is 6.11. The first kappa shape index (κ1) is 20.3. The Balaban J connectivity index is 1.76. The average molecular weight is 365 g/mol. The molecule has 1 aliphatic carbocycles. The van der Waals surface area contributed by atoms with Crippen molar-refractivity contribution in [3.63, 3.8) is 0 Å². The van der Waals surface area contributed by atoms with Gasteiger partial charge in [0.25, 0.3) is 5.91 Å². The van der Waals surface area contributed by atoms with Gasteiger partial charge in [-0.1, -0.05) is 25.5 Å². The number of hydrogen-bond acceptors (Lipinski definition) is 3. The van der Waals surface area contributed by atoms with Crippen molar-refractivity contribution < 1.29 is 9.35 Å². The van der Waals surface area contributed by atoms with E-state index in [1.807, 2.05) is 26.0 Å². The molecule has 1 amide bonds. The Morgan fingerprint density at radius 2 is 1.76 bits per heavy atom. The van der Waals surface area contributed by atoms with Crippen molar-refractivity contribution in [1.29, 1.82) is 0 Å². The van der Waals surface area contributed by atoms with Gasteiger partial charge >= 0.3 is 0 Å². The number of aryl methyl sites for hydroxylation is 1. The van der Waals surface area contributed by atoms with Gasteiger partial charge in [-0.05, 0) is 70.1 Å². The van der Waals surface area contributed by atoms with Crippen LogP contribution in [0.25, 0.3) is 0 Å². The van der Waals surface area contributed by atoms with E-state index in [0.717, 1.165) is 37.7 Å². The van der Waals surface area contributed by atoms with Crippen molar-refractivity contribution in [2.75, 3.05) is 0 Å². The molecule has 140 valence electrons. The maximum absolute atomic E-state index is 12.4. The molecule has 25 heavy (non-hydrogen) atoms. The number of hydrogen-bond donors (Lipinski definition) is 2. The number of benzene rings is 1. The molecule has 0 aliphatic heterocycles. The first-order valence-corrected chi connectivity index (χ1v) is 10.8. The van der Waals surface area contributed by atoms with E-state index in [1.54, 1.807) is 0 Å². The molecule has 4 nitrogen and oxygen atoms in total. The number of amides is 1. The average Bonchev–Trinajstić information content (AvgIpc) is 2.61. The van der Waals surface area contributed by atoms with E-state index in [4.69, 9.17) is 0 Å².